The van der Waals surface area contributed by atoms with Gasteiger partial charge in [0, 0.05) is 5.69 Å². The van der Waals surface area contributed by atoms with Crippen LogP contribution in [-0.2, 0) is 11.3 Å². The van der Waals surface area contributed by atoms with Crippen LogP contribution >= 0.6 is 0 Å². The molecule has 0 amide bonds. The van der Waals surface area contributed by atoms with Crippen LogP contribution in [0.1, 0.15) is 28.7 Å². The van der Waals surface area contributed by atoms with Crippen LogP contribution in [0.5, 0.6) is 5.75 Å². The fourth-order valence-corrected chi connectivity index (χ4v) is 1.95. The van der Waals surface area contributed by atoms with E-state index in [-0.39, 0.29) is 5.69 Å². The molecule has 2 rings (SSSR count). The van der Waals surface area contributed by atoms with Crippen molar-refractivity contribution in [1.29, 1.82) is 0 Å². The number of carbonyl (C=O) groups is 1. The van der Waals surface area contributed by atoms with E-state index in [1.54, 1.807) is 18.5 Å². The number of anilines is 1. The van der Waals surface area contributed by atoms with Gasteiger partial charge in [0.25, 0.3) is 0 Å². The molecule has 0 spiro atoms. The summed E-state index contributed by atoms with van der Waals surface area (Å²) in [5.74, 6) is 0.288. The van der Waals surface area contributed by atoms with Crippen LogP contribution in [0.25, 0.3) is 0 Å². The zero-order valence-corrected chi connectivity index (χ0v) is 13.0. The second-order valence-corrected chi connectivity index (χ2v) is 4.83. The second kappa shape index (κ2) is 6.93. The lowest BCUT2D eigenvalue weighted by Gasteiger charge is -2.09. The molecule has 1 aromatic heterocycles. The number of carbonyl (C=O) groups excluding carboxylic acids is 1. The number of aromatic nitrogens is 3. The summed E-state index contributed by atoms with van der Waals surface area (Å²) in [6.45, 7) is 6.66. The Labute approximate surface area is 129 Å². The monoisotopic (exact) mass is 304 g/mol. The molecule has 0 saturated heterocycles. The number of hydrogen-bond acceptors (Lipinski definition) is 6. The lowest BCUT2D eigenvalue weighted by molar-refractivity contribution is 0.0518. The number of rotatable bonds is 6. The van der Waals surface area contributed by atoms with Crippen LogP contribution in [-0.4, -0.2) is 34.2 Å². The van der Waals surface area contributed by atoms with E-state index in [4.69, 9.17) is 15.2 Å². The quantitative estimate of drug-likeness (QED) is 0.645. The first-order valence-corrected chi connectivity index (χ1v) is 7.09. The summed E-state index contributed by atoms with van der Waals surface area (Å²) >= 11 is 0. The van der Waals surface area contributed by atoms with Gasteiger partial charge in [-0.25, -0.2) is 9.48 Å². The molecule has 0 aliphatic rings. The topological polar surface area (TPSA) is 92.3 Å². The molecule has 0 atom stereocenters. The van der Waals surface area contributed by atoms with Gasteiger partial charge in [0.15, 0.2) is 5.69 Å². The fourth-order valence-electron chi connectivity index (χ4n) is 1.95. The lowest BCUT2D eigenvalue weighted by Crippen LogP contribution is -2.12. The summed E-state index contributed by atoms with van der Waals surface area (Å²) in [4.78, 5) is 11.7. The van der Waals surface area contributed by atoms with Crippen LogP contribution in [0, 0.1) is 13.8 Å². The lowest BCUT2D eigenvalue weighted by atomic mass is 10.2. The molecule has 0 radical (unpaired) electrons. The van der Waals surface area contributed by atoms with Crippen LogP contribution < -0.4 is 10.5 Å². The van der Waals surface area contributed by atoms with Crippen molar-refractivity contribution in [2.75, 3.05) is 18.9 Å². The molecule has 0 unspecified atom stereocenters. The Balaban J connectivity index is 1.94. The molecule has 1 heterocycles. The molecule has 0 saturated carbocycles. The molecule has 0 fully saturated rings. The van der Waals surface area contributed by atoms with Crippen molar-refractivity contribution in [3.05, 3.63) is 35.2 Å². The molecule has 7 nitrogen and oxygen atoms in total. The number of nitrogens with two attached hydrogens (primary N) is 1. The van der Waals surface area contributed by atoms with Gasteiger partial charge in [-0.2, -0.15) is 0 Å². The third-order valence-corrected chi connectivity index (χ3v) is 3.26. The molecular formula is C15H20N4O3. The molecule has 0 aliphatic heterocycles. The van der Waals surface area contributed by atoms with Crippen molar-refractivity contribution < 1.29 is 14.3 Å². The Morgan fingerprint density at radius 1 is 1.36 bits per heavy atom. The second-order valence-electron chi connectivity index (χ2n) is 4.83. The van der Waals surface area contributed by atoms with E-state index < -0.39 is 5.97 Å². The highest BCUT2D eigenvalue weighted by molar-refractivity contribution is 5.88. The van der Waals surface area contributed by atoms with Gasteiger partial charge in [-0.05, 0) is 44.5 Å². The van der Waals surface area contributed by atoms with Crippen molar-refractivity contribution in [3.63, 3.8) is 0 Å². The number of nitrogen functional groups attached to an aromatic ring is 1. The van der Waals surface area contributed by atoms with E-state index in [9.17, 15) is 4.79 Å². The molecule has 0 bridgehead atoms. The minimum atomic E-state index is -0.457. The number of esters is 1. The van der Waals surface area contributed by atoms with Crippen molar-refractivity contribution in [2.24, 2.45) is 0 Å². The SMILES string of the molecule is CCOC(=O)c1nnn(CCOc2ccc(N)c(C)c2)c1C. The number of hydrogen-bond donors (Lipinski definition) is 1. The van der Waals surface area contributed by atoms with E-state index in [2.05, 4.69) is 10.3 Å². The minimum absolute atomic E-state index is 0.241. The molecule has 7 heteroatoms. The maximum atomic E-state index is 11.7. The Hall–Kier alpha value is -2.57. The predicted octanol–water partition coefficient (Wildman–Crippen LogP) is 1.73. The predicted molar refractivity (Wildman–Crippen MR) is 81.8 cm³/mol. The van der Waals surface area contributed by atoms with Crippen LogP contribution in [0.3, 0.4) is 0 Å². The summed E-state index contributed by atoms with van der Waals surface area (Å²) < 4.78 is 12.2. The first kappa shape index (κ1) is 15.8. The van der Waals surface area contributed by atoms with Crippen LogP contribution in [0.4, 0.5) is 5.69 Å². The number of nitrogens with zero attached hydrogens (tertiary/aromatic N) is 3. The molecule has 2 N–H and O–H groups in total. The van der Waals surface area contributed by atoms with Crippen molar-refractivity contribution in [3.8, 4) is 5.75 Å². The van der Waals surface area contributed by atoms with Gasteiger partial charge in [-0.1, -0.05) is 5.21 Å². The first-order chi connectivity index (χ1) is 10.5. The molecular weight excluding hydrogens is 284 g/mol. The van der Waals surface area contributed by atoms with Gasteiger partial charge >= 0.3 is 5.97 Å². The van der Waals surface area contributed by atoms with E-state index in [1.807, 2.05) is 25.1 Å². The summed E-state index contributed by atoms with van der Waals surface area (Å²) in [5.41, 5.74) is 8.37. The fraction of sp³-hybridized carbons (Fsp3) is 0.400. The van der Waals surface area contributed by atoms with E-state index in [0.29, 0.717) is 25.5 Å². The van der Waals surface area contributed by atoms with Crippen LogP contribution in [0.15, 0.2) is 18.2 Å². The zero-order chi connectivity index (χ0) is 16.1. The molecule has 22 heavy (non-hydrogen) atoms. The van der Waals surface area contributed by atoms with Gasteiger partial charge in [-0.3, -0.25) is 0 Å². The summed E-state index contributed by atoms with van der Waals surface area (Å²) in [6, 6.07) is 5.51. The molecule has 2 aromatic rings. The zero-order valence-electron chi connectivity index (χ0n) is 13.0. The molecule has 0 aliphatic carbocycles. The number of aryl methyl sites for hydroxylation is 1. The normalized spacial score (nSPS) is 10.5. The van der Waals surface area contributed by atoms with Gasteiger partial charge < -0.3 is 15.2 Å². The maximum Gasteiger partial charge on any atom is 0.360 e. The largest absolute Gasteiger partial charge is 0.492 e. The maximum absolute atomic E-state index is 11.7. The smallest absolute Gasteiger partial charge is 0.360 e. The van der Waals surface area contributed by atoms with Crippen LogP contribution in [0.2, 0.25) is 0 Å². The van der Waals surface area contributed by atoms with E-state index in [0.717, 1.165) is 17.0 Å². The van der Waals surface area contributed by atoms with Crippen molar-refractivity contribution >= 4 is 11.7 Å². The Morgan fingerprint density at radius 3 is 2.82 bits per heavy atom. The highest BCUT2D eigenvalue weighted by Gasteiger charge is 2.17. The minimum Gasteiger partial charge on any atom is -0.492 e. The Morgan fingerprint density at radius 2 is 2.14 bits per heavy atom. The van der Waals surface area contributed by atoms with Crippen molar-refractivity contribution in [2.45, 2.75) is 27.3 Å². The Bertz CT molecular complexity index is 667. The standard InChI is InChI=1S/C15H20N4O3/c1-4-21-15(20)14-11(3)19(18-17-14)7-8-22-12-5-6-13(16)10(2)9-12/h5-6,9H,4,7-8,16H2,1-3H3. The third-order valence-electron chi connectivity index (χ3n) is 3.26. The van der Waals surface area contributed by atoms with Gasteiger partial charge in [0.2, 0.25) is 0 Å². The molecule has 118 valence electrons. The third kappa shape index (κ3) is 3.55. The summed E-state index contributed by atoms with van der Waals surface area (Å²) in [5, 5.41) is 7.80. The first-order valence-electron chi connectivity index (χ1n) is 7.09. The number of benzene rings is 1. The average Bonchev–Trinajstić information content (AvgIpc) is 2.84. The van der Waals surface area contributed by atoms with E-state index in [1.165, 1.54) is 0 Å². The van der Waals surface area contributed by atoms with Crippen molar-refractivity contribution in [1.82, 2.24) is 15.0 Å². The highest BCUT2D eigenvalue weighted by atomic mass is 16.5. The van der Waals surface area contributed by atoms with E-state index >= 15 is 0 Å². The van der Waals surface area contributed by atoms with Gasteiger partial charge in [0.05, 0.1) is 18.8 Å². The Kier molecular flexibility index (Phi) is 4.98. The number of ether oxygens (including phenoxy) is 2. The summed E-state index contributed by atoms with van der Waals surface area (Å²) in [6.07, 6.45) is 0. The average molecular weight is 304 g/mol. The summed E-state index contributed by atoms with van der Waals surface area (Å²) in [7, 11) is 0. The molecule has 1 aromatic carbocycles. The van der Waals surface area contributed by atoms with Gasteiger partial charge in [-0.15, -0.1) is 5.10 Å². The van der Waals surface area contributed by atoms with Gasteiger partial charge in [0.1, 0.15) is 12.4 Å². The highest BCUT2D eigenvalue weighted by Crippen LogP contribution is 2.18.